The Bertz CT molecular complexity index is 634. The molecule has 1 N–H and O–H groups in total. The molecule has 5 heteroatoms. The Morgan fingerprint density at radius 1 is 1.14 bits per heavy atom. The van der Waals surface area contributed by atoms with Crippen molar-refractivity contribution in [1.82, 2.24) is 5.32 Å². The third-order valence-electron chi connectivity index (χ3n) is 3.07. The maximum absolute atomic E-state index is 6.10. The smallest absolute Gasteiger partial charge is 0.0603 e. The topological polar surface area (TPSA) is 12.0 Å². The Morgan fingerprint density at radius 2 is 1.90 bits per heavy atom. The zero-order chi connectivity index (χ0) is 15.4. The van der Waals surface area contributed by atoms with Crippen molar-refractivity contribution >= 4 is 50.9 Å². The largest absolute Gasteiger partial charge is 0.310 e. The SMILES string of the molecule is CCNC(C)c1ccc(Br)cc1Sc1ccc(Cl)c(Cl)c1. The first-order chi connectivity index (χ1) is 10.0. The average Bonchev–Trinajstić information content (AvgIpc) is 2.43. The van der Waals surface area contributed by atoms with Crippen molar-refractivity contribution in [3.63, 3.8) is 0 Å². The van der Waals surface area contributed by atoms with Gasteiger partial charge in [-0.2, -0.15) is 0 Å². The Balaban J connectivity index is 2.33. The second-order valence-corrected chi connectivity index (χ2v) is 7.48. The molecule has 0 saturated heterocycles. The average molecular weight is 405 g/mol. The summed E-state index contributed by atoms with van der Waals surface area (Å²) >= 11 is 17.3. The molecule has 0 bridgehead atoms. The molecule has 0 saturated carbocycles. The molecule has 0 aliphatic rings. The van der Waals surface area contributed by atoms with Crippen LogP contribution in [0.25, 0.3) is 0 Å². The van der Waals surface area contributed by atoms with E-state index in [4.69, 9.17) is 23.2 Å². The Labute approximate surface area is 148 Å². The first-order valence-corrected chi connectivity index (χ1v) is 9.03. The van der Waals surface area contributed by atoms with Gasteiger partial charge in [0.1, 0.15) is 0 Å². The summed E-state index contributed by atoms with van der Waals surface area (Å²) in [4.78, 5) is 2.28. The molecule has 0 amide bonds. The van der Waals surface area contributed by atoms with Gasteiger partial charge >= 0.3 is 0 Å². The highest BCUT2D eigenvalue weighted by atomic mass is 79.9. The third kappa shape index (κ3) is 4.64. The monoisotopic (exact) mass is 403 g/mol. The molecule has 21 heavy (non-hydrogen) atoms. The first-order valence-electron chi connectivity index (χ1n) is 6.67. The fourth-order valence-corrected chi connectivity index (χ4v) is 4.03. The number of halogens is 3. The first kappa shape index (κ1) is 17.2. The van der Waals surface area contributed by atoms with E-state index in [1.165, 1.54) is 10.5 Å². The maximum Gasteiger partial charge on any atom is 0.0603 e. The molecule has 1 nitrogen and oxygen atoms in total. The lowest BCUT2D eigenvalue weighted by atomic mass is 10.1. The molecule has 2 rings (SSSR count). The van der Waals surface area contributed by atoms with E-state index >= 15 is 0 Å². The predicted molar refractivity (Wildman–Crippen MR) is 96.8 cm³/mol. The molecule has 0 fully saturated rings. The van der Waals surface area contributed by atoms with Gasteiger partial charge in [-0.05, 0) is 49.4 Å². The number of hydrogen-bond acceptors (Lipinski definition) is 2. The number of hydrogen-bond donors (Lipinski definition) is 1. The highest BCUT2D eigenvalue weighted by molar-refractivity contribution is 9.10. The van der Waals surface area contributed by atoms with Gasteiger partial charge in [-0.1, -0.05) is 63.9 Å². The van der Waals surface area contributed by atoms with E-state index in [0.29, 0.717) is 16.1 Å². The molecular weight excluding hydrogens is 389 g/mol. The normalized spacial score (nSPS) is 12.4. The van der Waals surface area contributed by atoms with E-state index in [1.54, 1.807) is 11.8 Å². The van der Waals surface area contributed by atoms with Crippen molar-refractivity contribution in [1.29, 1.82) is 0 Å². The van der Waals surface area contributed by atoms with Gasteiger partial charge in [-0.3, -0.25) is 0 Å². The molecule has 0 aliphatic carbocycles. The van der Waals surface area contributed by atoms with Crippen LogP contribution in [0.5, 0.6) is 0 Å². The minimum Gasteiger partial charge on any atom is -0.310 e. The van der Waals surface area contributed by atoms with Crippen LogP contribution in [0.3, 0.4) is 0 Å². The van der Waals surface area contributed by atoms with Gasteiger partial charge in [0.25, 0.3) is 0 Å². The molecule has 0 aliphatic heterocycles. The molecule has 1 atom stereocenters. The summed E-state index contributed by atoms with van der Waals surface area (Å²) in [5.41, 5.74) is 1.27. The van der Waals surface area contributed by atoms with Crippen LogP contribution in [0.1, 0.15) is 25.5 Å². The van der Waals surface area contributed by atoms with Crippen molar-refractivity contribution < 1.29 is 0 Å². The minimum atomic E-state index is 0.299. The lowest BCUT2D eigenvalue weighted by molar-refractivity contribution is 0.589. The van der Waals surface area contributed by atoms with E-state index in [2.05, 4.69) is 53.3 Å². The van der Waals surface area contributed by atoms with E-state index in [1.807, 2.05) is 18.2 Å². The van der Waals surface area contributed by atoms with Crippen molar-refractivity contribution in [2.45, 2.75) is 29.7 Å². The van der Waals surface area contributed by atoms with Gasteiger partial charge in [0, 0.05) is 20.3 Å². The lowest BCUT2D eigenvalue weighted by Crippen LogP contribution is -2.18. The molecular formula is C16H16BrCl2NS. The van der Waals surface area contributed by atoms with Crippen molar-refractivity contribution in [3.05, 3.63) is 56.5 Å². The Morgan fingerprint density at radius 3 is 2.57 bits per heavy atom. The molecule has 2 aromatic carbocycles. The minimum absolute atomic E-state index is 0.299. The quantitative estimate of drug-likeness (QED) is 0.603. The fraction of sp³-hybridized carbons (Fsp3) is 0.250. The second-order valence-electron chi connectivity index (χ2n) is 4.64. The fourth-order valence-electron chi connectivity index (χ4n) is 2.04. The van der Waals surface area contributed by atoms with Crippen LogP contribution in [0.2, 0.25) is 10.0 Å². The van der Waals surface area contributed by atoms with E-state index in [-0.39, 0.29) is 0 Å². The predicted octanol–water partition coefficient (Wildman–Crippen LogP) is 6.58. The summed E-state index contributed by atoms with van der Waals surface area (Å²) in [6, 6.07) is 12.4. The maximum atomic E-state index is 6.10. The number of nitrogens with one attached hydrogen (secondary N) is 1. The van der Waals surface area contributed by atoms with Crippen LogP contribution < -0.4 is 5.32 Å². The van der Waals surface area contributed by atoms with Gasteiger partial charge < -0.3 is 5.32 Å². The van der Waals surface area contributed by atoms with Crippen molar-refractivity contribution in [2.75, 3.05) is 6.54 Å². The molecule has 0 spiro atoms. The molecule has 0 radical (unpaired) electrons. The summed E-state index contributed by atoms with van der Waals surface area (Å²) < 4.78 is 1.07. The van der Waals surface area contributed by atoms with Crippen LogP contribution in [-0.4, -0.2) is 6.54 Å². The van der Waals surface area contributed by atoms with E-state index in [0.717, 1.165) is 15.9 Å². The lowest BCUT2D eigenvalue weighted by Gasteiger charge is -2.17. The van der Waals surface area contributed by atoms with Crippen LogP contribution in [-0.2, 0) is 0 Å². The summed E-state index contributed by atoms with van der Waals surface area (Å²) in [5, 5.41) is 4.61. The van der Waals surface area contributed by atoms with Crippen LogP contribution in [0.4, 0.5) is 0 Å². The van der Waals surface area contributed by atoms with Crippen LogP contribution >= 0.6 is 50.9 Å². The summed E-state index contributed by atoms with van der Waals surface area (Å²) in [6.45, 7) is 5.22. The van der Waals surface area contributed by atoms with Crippen molar-refractivity contribution in [2.24, 2.45) is 0 Å². The molecule has 0 heterocycles. The molecule has 0 aromatic heterocycles. The Kier molecular flexibility index (Phi) is 6.45. The number of benzene rings is 2. The van der Waals surface area contributed by atoms with E-state index < -0.39 is 0 Å². The van der Waals surface area contributed by atoms with Gasteiger partial charge in [-0.15, -0.1) is 0 Å². The van der Waals surface area contributed by atoms with Gasteiger partial charge in [0.05, 0.1) is 10.0 Å². The van der Waals surface area contributed by atoms with Crippen molar-refractivity contribution in [3.8, 4) is 0 Å². The van der Waals surface area contributed by atoms with Gasteiger partial charge in [-0.25, -0.2) is 0 Å². The number of rotatable bonds is 5. The summed E-state index contributed by atoms with van der Waals surface area (Å²) in [7, 11) is 0. The molecule has 112 valence electrons. The van der Waals surface area contributed by atoms with E-state index in [9.17, 15) is 0 Å². The zero-order valence-corrected chi connectivity index (χ0v) is 15.7. The summed E-state index contributed by atoms with van der Waals surface area (Å²) in [6.07, 6.45) is 0. The van der Waals surface area contributed by atoms with Gasteiger partial charge in [0.2, 0.25) is 0 Å². The second kappa shape index (κ2) is 7.89. The summed E-state index contributed by atoms with van der Waals surface area (Å²) in [5.74, 6) is 0. The third-order valence-corrected chi connectivity index (χ3v) is 5.37. The molecule has 1 unspecified atom stereocenters. The van der Waals surface area contributed by atoms with Crippen LogP contribution in [0.15, 0.2) is 50.7 Å². The Hall–Kier alpha value is -0.190. The standard InChI is InChI=1S/C16H16BrCl2NS/c1-3-20-10(2)13-6-4-11(17)8-16(13)21-12-5-7-14(18)15(19)9-12/h4-10,20H,3H2,1-2H3. The highest BCUT2D eigenvalue weighted by Crippen LogP contribution is 2.37. The zero-order valence-electron chi connectivity index (χ0n) is 11.8. The molecule has 2 aromatic rings. The van der Waals surface area contributed by atoms with Gasteiger partial charge in [0.15, 0.2) is 0 Å². The highest BCUT2D eigenvalue weighted by Gasteiger charge is 2.12. The van der Waals surface area contributed by atoms with Crippen LogP contribution in [0, 0.1) is 0 Å².